The molecule has 1 aromatic carbocycles. The molecule has 0 aliphatic heterocycles. The predicted octanol–water partition coefficient (Wildman–Crippen LogP) is 2.33. The maximum Gasteiger partial charge on any atom is 0.242 e. The lowest BCUT2D eigenvalue weighted by molar-refractivity contribution is -0.122. The number of hydrogen-bond donors (Lipinski definition) is 2. The maximum atomic E-state index is 12.8. The van der Waals surface area contributed by atoms with Crippen LogP contribution in [0.4, 0.5) is 5.82 Å². The number of aryl methyl sites for hydroxylation is 2. The fourth-order valence-corrected chi connectivity index (χ4v) is 3.59. The van der Waals surface area contributed by atoms with Crippen molar-refractivity contribution in [2.45, 2.75) is 32.9 Å². The number of H-pyrrole nitrogens is 1. The van der Waals surface area contributed by atoms with E-state index in [9.17, 15) is 4.79 Å². The van der Waals surface area contributed by atoms with Gasteiger partial charge in [-0.3, -0.25) is 4.79 Å². The van der Waals surface area contributed by atoms with Crippen LogP contribution in [0.25, 0.3) is 10.9 Å². The minimum Gasteiger partial charge on any atom is -0.363 e. The number of nitrogens with one attached hydrogen (secondary N) is 2. The molecule has 1 amide bonds. The van der Waals surface area contributed by atoms with Gasteiger partial charge < -0.3 is 15.2 Å². The fraction of sp³-hybridized carbons (Fsp3) is 0.318. The highest BCUT2D eigenvalue weighted by Crippen LogP contribution is 2.25. The average Bonchev–Trinajstić information content (AvgIpc) is 3.33. The number of aromatic amines is 1. The molecule has 4 aromatic rings. The summed E-state index contributed by atoms with van der Waals surface area (Å²) in [6, 6.07) is 9.73. The summed E-state index contributed by atoms with van der Waals surface area (Å²) >= 11 is 0. The smallest absolute Gasteiger partial charge is 0.242 e. The van der Waals surface area contributed by atoms with Crippen molar-refractivity contribution in [2.24, 2.45) is 0 Å². The number of rotatable bonds is 7. The van der Waals surface area contributed by atoms with E-state index in [2.05, 4.69) is 36.6 Å². The third-order valence-corrected chi connectivity index (χ3v) is 5.05. The van der Waals surface area contributed by atoms with E-state index in [4.69, 9.17) is 0 Å². The largest absolute Gasteiger partial charge is 0.363 e. The number of fused-ring (bicyclic) bond motifs is 1. The summed E-state index contributed by atoms with van der Waals surface area (Å²) in [6.45, 7) is 3.79. The van der Waals surface area contributed by atoms with Crippen LogP contribution in [-0.4, -0.2) is 49.9 Å². The van der Waals surface area contributed by atoms with Crippen molar-refractivity contribution in [3.05, 3.63) is 65.5 Å². The Hall–Kier alpha value is -3.75. The van der Waals surface area contributed by atoms with Crippen molar-refractivity contribution in [3.63, 3.8) is 0 Å². The van der Waals surface area contributed by atoms with Crippen LogP contribution in [0, 0.1) is 13.8 Å². The van der Waals surface area contributed by atoms with E-state index in [0.29, 0.717) is 12.2 Å². The molecule has 0 saturated heterocycles. The second kappa shape index (κ2) is 8.55. The molecular weight excluding hydrogens is 392 g/mol. The molecule has 0 fully saturated rings. The van der Waals surface area contributed by atoms with Gasteiger partial charge in [0.2, 0.25) is 5.91 Å². The monoisotopic (exact) mass is 418 g/mol. The van der Waals surface area contributed by atoms with Crippen LogP contribution in [0.3, 0.4) is 0 Å². The summed E-state index contributed by atoms with van der Waals surface area (Å²) in [7, 11) is 3.87. The van der Waals surface area contributed by atoms with E-state index in [1.807, 2.05) is 63.3 Å². The molecule has 0 aliphatic carbocycles. The molecule has 0 aliphatic rings. The van der Waals surface area contributed by atoms with Gasteiger partial charge in [0, 0.05) is 49.9 Å². The molecule has 9 heteroatoms. The summed E-state index contributed by atoms with van der Waals surface area (Å²) in [5, 5.41) is 12.2. The van der Waals surface area contributed by atoms with Gasteiger partial charge in [-0.05, 0) is 25.5 Å². The topological polar surface area (TPSA) is 105 Å². The Morgan fingerprint density at radius 1 is 1.23 bits per heavy atom. The van der Waals surface area contributed by atoms with E-state index < -0.39 is 0 Å². The lowest BCUT2D eigenvalue weighted by Gasteiger charge is -2.21. The maximum absolute atomic E-state index is 12.8. The molecule has 4 rings (SSSR count). The number of para-hydroxylation sites is 1. The summed E-state index contributed by atoms with van der Waals surface area (Å²) in [6.07, 6.45) is 4.33. The molecule has 3 heterocycles. The highest BCUT2D eigenvalue weighted by molar-refractivity contribution is 5.83. The number of anilines is 1. The Bertz CT molecular complexity index is 1210. The molecule has 160 valence electrons. The van der Waals surface area contributed by atoms with Crippen molar-refractivity contribution in [2.75, 3.05) is 19.0 Å². The van der Waals surface area contributed by atoms with Gasteiger partial charge in [0.1, 0.15) is 18.2 Å². The third-order valence-electron chi connectivity index (χ3n) is 5.05. The number of benzene rings is 1. The number of amides is 1. The lowest BCUT2D eigenvalue weighted by Crippen LogP contribution is -2.33. The number of carbonyl (C=O) groups is 1. The van der Waals surface area contributed by atoms with Crippen molar-refractivity contribution >= 4 is 22.6 Å². The Kier molecular flexibility index (Phi) is 5.66. The highest BCUT2D eigenvalue weighted by atomic mass is 16.2. The quantitative estimate of drug-likeness (QED) is 0.477. The third kappa shape index (κ3) is 4.71. The van der Waals surface area contributed by atoms with Crippen LogP contribution in [0.5, 0.6) is 0 Å². The van der Waals surface area contributed by atoms with Crippen LogP contribution in [0.1, 0.15) is 28.8 Å². The Labute approximate surface area is 180 Å². The van der Waals surface area contributed by atoms with Gasteiger partial charge in [-0.25, -0.2) is 14.6 Å². The first kappa shape index (κ1) is 20.5. The summed E-state index contributed by atoms with van der Waals surface area (Å²) < 4.78 is 1.53. The van der Waals surface area contributed by atoms with Gasteiger partial charge in [0.05, 0.1) is 17.4 Å². The van der Waals surface area contributed by atoms with Gasteiger partial charge in [-0.15, -0.1) is 5.10 Å². The van der Waals surface area contributed by atoms with Crippen LogP contribution in [0.2, 0.25) is 0 Å². The van der Waals surface area contributed by atoms with Crippen molar-refractivity contribution in [3.8, 4) is 0 Å². The Morgan fingerprint density at radius 3 is 2.77 bits per heavy atom. The minimum absolute atomic E-state index is 0.0931. The molecule has 0 unspecified atom stereocenters. The van der Waals surface area contributed by atoms with E-state index in [0.717, 1.165) is 33.7 Å². The molecule has 0 spiro atoms. The first-order valence-electron chi connectivity index (χ1n) is 10.1. The Balaban J connectivity index is 1.65. The van der Waals surface area contributed by atoms with E-state index in [1.54, 1.807) is 6.20 Å². The normalized spacial score (nSPS) is 12.1. The first-order chi connectivity index (χ1) is 14.9. The molecule has 0 radical (unpaired) electrons. The molecule has 1 atom stereocenters. The van der Waals surface area contributed by atoms with Crippen LogP contribution in [0.15, 0.2) is 42.7 Å². The van der Waals surface area contributed by atoms with Gasteiger partial charge in [0.15, 0.2) is 0 Å². The number of aromatic nitrogens is 6. The minimum atomic E-state index is -0.322. The second-order valence-electron chi connectivity index (χ2n) is 7.83. The number of hydrogen-bond acceptors (Lipinski definition) is 6. The number of carbonyl (C=O) groups excluding carboxylic acids is 1. The summed E-state index contributed by atoms with van der Waals surface area (Å²) in [5.74, 6) is 1.30. The van der Waals surface area contributed by atoms with Crippen LogP contribution < -0.4 is 10.2 Å². The fourth-order valence-electron chi connectivity index (χ4n) is 3.59. The lowest BCUT2D eigenvalue weighted by atomic mass is 10.0. The molecule has 2 N–H and O–H groups in total. The molecular formula is C22H26N8O. The SMILES string of the molecule is Cc1cn(CC(=O)N[C@H](Cc2c[nH]c3ccccc23)c2cc(N(C)C)nc(C)n2)nn1. The molecule has 31 heavy (non-hydrogen) atoms. The van der Waals surface area contributed by atoms with Crippen LogP contribution >= 0.6 is 0 Å². The standard InChI is InChI=1S/C22H26N8O/c1-14-12-30(28-27-14)13-22(31)26-19(20-10-21(29(3)4)25-15(2)24-20)9-16-11-23-18-8-6-5-7-17(16)18/h5-8,10-12,19,23H,9,13H2,1-4H3,(H,26,31)/t19-/m1/s1. The van der Waals surface area contributed by atoms with Gasteiger partial charge in [0.25, 0.3) is 0 Å². The molecule has 9 nitrogen and oxygen atoms in total. The molecule has 0 bridgehead atoms. The zero-order valence-corrected chi connectivity index (χ0v) is 18.1. The number of nitrogens with zero attached hydrogens (tertiary/aromatic N) is 6. The highest BCUT2D eigenvalue weighted by Gasteiger charge is 2.21. The molecule has 0 saturated carbocycles. The Morgan fingerprint density at radius 2 is 2.03 bits per heavy atom. The van der Waals surface area contributed by atoms with Gasteiger partial charge in [-0.1, -0.05) is 23.4 Å². The van der Waals surface area contributed by atoms with Gasteiger partial charge >= 0.3 is 0 Å². The predicted molar refractivity (Wildman–Crippen MR) is 119 cm³/mol. The van der Waals surface area contributed by atoms with E-state index in [-0.39, 0.29) is 18.5 Å². The molecule has 3 aromatic heterocycles. The average molecular weight is 419 g/mol. The second-order valence-corrected chi connectivity index (χ2v) is 7.83. The summed E-state index contributed by atoms with van der Waals surface area (Å²) in [5.41, 5.74) is 3.71. The van der Waals surface area contributed by atoms with Gasteiger partial charge in [-0.2, -0.15) is 0 Å². The van der Waals surface area contributed by atoms with Crippen LogP contribution in [-0.2, 0) is 17.8 Å². The summed E-state index contributed by atoms with van der Waals surface area (Å²) in [4.78, 5) is 27.2. The van der Waals surface area contributed by atoms with E-state index in [1.165, 1.54) is 4.68 Å². The van der Waals surface area contributed by atoms with Crippen molar-refractivity contribution in [1.82, 2.24) is 35.3 Å². The van der Waals surface area contributed by atoms with Crippen molar-refractivity contribution in [1.29, 1.82) is 0 Å². The first-order valence-corrected chi connectivity index (χ1v) is 10.1. The van der Waals surface area contributed by atoms with E-state index >= 15 is 0 Å². The zero-order valence-electron chi connectivity index (χ0n) is 18.1. The van der Waals surface area contributed by atoms with Crippen molar-refractivity contribution < 1.29 is 4.79 Å². The zero-order chi connectivity index (χ0) is 22.0.